The first kappa shape index (κ1) is 35.1. The van der Waals surface area contributed by atoms with E-state index in [-0.39, 0.29) is 0 Å². The van der Waals surface area contributed by atoms with Gasteiger partial charge in [-0.1, -0.05) is 35.5 Å². The average molecular weight is 570 g/mol. The number of hydrogen-bond donors (Lipinski definition) is 1. The molecule has 0 radical (unpaired) electrons. The highest BCUT2D eigenvalue weighted by Crippen LogP contribution is 2.34. The second-order valence-corrected chi connectivity index (χ2v) is 9.26. The number of carbonyl (C=O) groups is 1. The molecule has 1 N–H and O–H groups in total. The van der Waals surface area contributed by atoms with Crippen molar-refractivity contribution in [2.45, 2.75) is 34.2 Å². The predicted molar refractivity (Wildman–Crippen MR) is 156 cm³/mol. The van der Waals surface area contributed by atoms with Gasteiger partial charge in [-0.05, 0) is 44.7 Å². The summed E-state index contributed by atoms with van der Waals surface area (Å²) in [6.07, 6.45) is 2.70. The van der Waals surface area contributed by atoms with Crippen LogP contribution in [-0.2, 0) is 39.8 Å². The van der Waals surface area contributed by atoms with Crippen molar-refractivity contribution in [2.24, 2.45) is 0 Å². The lowest BCUT2D eigenvalue weighted by atomic mass is 10.1. The first-order valence-corrected chi connectivity index (χ1v) is 14.4. The monoisotopic (exact) mass is 569 g/mol. The molecule has 0 atom stereocenters. The Morgan fingerprint density at radius 1 is 0.795 bits per heavy atom. The van der Waals surface area contributed by atoms with E-state index in [2.05, 4.69) is 30.6 Å². The molecule has 0 fully saturated rings. The third-order valence-electron chi connectivity index (χ3n) is 5.03. The summed E-state index contributed by atoms with van der Waals surface area (Å²) in [6.45, 7) is 15.4. The molecule has 1 aromatic rings. The summed E-state index contributed by atoms with van der Waals surface area (Å²) in [7, 11) is 0. The van der Waals surface area contributed by atoms with Gasteiger partial charge in [0.2, 0.25) is 6.41 Å². The molecule has 222 valence electrons. The number of hydrogen-bond acceptors (Lipinski definition) is 9. The molecule has 1 aromatic carbocycles. The van der Waals surface area contributed by atoms with Gasteiger partial charge in [-0.15, -0.1) is 0 Å². The highest BCUT2D eigenvalue weighted by Gasteiger charge is 2.10. The van der Waals surface area contributed by atoms with Crippen molar-refractivity contribution >= 4 is 23.1 Å². The normalized spacial score (nSPS) is 11.2. The van der Waals surface area contributed by atoms with Gasteiger partial charge in [-0.25, -0.2) is 0 Å². The molecule has 0 unspecified atom stereocenters. The summed E-state index contributed by atoms with van der Waals surface area (Å²) >= 11 is 1.68. The molecule has 0 aliphatic rings. The Bertz CT molecular complexity index is 814. The van der Waals surface area contributed by atoms with Crippen LogP contribution >= 0.6 is 11.8 Å². The topological polar surface area (TPSA) is 93.7 Å². The fraction of sp³-hybridized carbons (Fsp3) is 0.621. The number of rotatable bonds is 26. The van der Waals surface area contributed by atoms with Gasteiger partial charge in [0.25, 0.3) is 0 Å². The van der Waals surface area contributed by atoms with Crippen molar-refractivity contribution in [1.29, 1.82) is 0 Å². The fourth-order valence-electron chi connectivity index (χ4n) is 3.19. The maximum atomic E-state index is 10.8. The number of allylic oxidation sites excluding steroid dienone is 2. The first-order valence-electron chi connectivity index (χ1n) is 13.5. The van der Waals surface area contributed by atoms with Gasteiger partial charge in [0.1, 0.15) is 12.4 Å². The third kappa shape index (κ3) is 18.1. The van der Waals surface area contributed by atoms with Gasteiger partial charge < -0.3 is 38.5 Å². The van der Waals surface area contributed by atoms with Crippen LogP contribution in [-0.4, -0.2) is 92.3 Å². The second kappa shape index (κ2) is 25.1. The van der Waals surface area contributed by atoms with E-state index in [4.69, 9.17) is 33.2 Å². The molecule has 0 saturated heterocycles. The molecule has 9 nitrogen and oxygen atoms in total. The summed E-state index contributed by atoms with van der Waals surface area (Å²) in [5, 5.41) is 4.77. The summed E-state index contributed by atoms with van der Waals surface area (Å²) in [5.41, 5.74) is 3.21. The van der Waals surface area contributed by atoms with E-state index >= 15 is 0 Å². The molecule has 0 saturated carbocycles. The van der Waals surface area contributed by atoms with Crippen molar-refractivity contribution in [3.8, 4) is 5.75 Å². The van der Waals surface area contributed by atoms with E-state index in [9.17, 15) is 4.79 Å². The van der Waals surface area contributed by atoms with Crippen LogP contribution in [0.15, 0.2) is 35.3 Å². The lowest BCUT2D eigenvalue weighted by Crippen LogP contribution is -2.15. The molecule has 10 heteroatoms. The highest BCUT2D eigenvalue weighted by molar-refractivity contribution is 8.10. The third-order valence-corrected chi connectivity index (χ3v) is 6.32. The van der Waals surface area contributed by atoms with E-state index < -0.39 is 0 Å². The van der Waals surface area contributed by atoms with Crippen LogP contribution in [0.1, 0.15) is 38.8 Å². The van der Waals surface area contributed by atoms with Crippen molar-refractivity contribution in [1.82, 2.24) is 5.32 Å². The van der Waals surface area contributed by atoms with E-state index in [1.807, 2.05) is 32.1 Å². The van der Waals surface area contributed by atoms with Gasteiger partial charge >= 0.3 is 0 Å². The molecule has 0 aromatic heterocycles. The number of benzene rings is 1. The minimum Gasteiger partial charge on any atom is -0.491 e. The van der Waals surface area contributed by atoms with E-state index in [1.165, 1.54) is 10.5 Å². The number of thioether (sulfide) groups is 1. The molecule has 0 aliphatic heterocycles. The Morgan fingerprint density at radius 2 is 1.31 bits per heavy atom. The van der Waals surface area contributed by atoms with Gasteiger partial charge in [-0.2, -0.15) is 0 Å². The Kier molecular flexibility index (Phi) is 22.6. The minimum atomic E-state index is 0.393. The van der Waals surface area contributed by atoms with Gasteiger partial charge in [0.15, 0.2) is 0 Å². The Labute approximate surface area is 238 Å². The predicted octanol–water partition coefficient (Wildman–Crippen LogP) is 4.45. The van der Waals surface area contributed by atoms with Crippen LogP contribution < -0.4 is 10.1 Å². The van der Waals surface area contributed by atoms with E-state index in [1.54, 1.807) is 11.8 Å². The fourth-order valence-corrected chi connectivity index (χ4v) is 3.96. The molecule has 1 amide bonds. The summed E-state index contributed by atoms with van der Waals surface area (Å²) in [6, 6.07) is 6.06. The number of amides is 1. The SMILES string of the molecule is C/C=C\SC(=C(C)C)c1ccc(CNC=O)c(OCCOCCOCCOCCOCCOCCOCC)c1. The Hall–Kier alpha value is -1.92. The molecule has 39 heavy (non-hydrogen) atoms. The zero-order valence-corrected chi connectivity index (χ0v) is 24.9. The molecular weight excluding hydrogens is 522 g/mol. The lowest BCUT2D eigenvalue weighted by Gasteiger charge is -2.15. The Morgan fingerprint density at radius 3 is 1.77 bits per heavy atom. The summed E-state index contributed by atoms with van der Waals surface area (Å²) in [4.78, 5) is 12.0. The van der Waals surface area contributed by atoms with Crippen molar-refractivity contribution in [3.05, 3.63) is 46.4 Å². The molecular formula is C29H47NO8S. The molecule has 0 aliphatic carbocycles. The average Bonchev–Trinajstić information content (AvgIpc) is 2.93. The van der Waals surface area contributed by atoms with Crippen molar-refractivity contribution in [2.75, 3.05) is 85.9 Å². The molecule has 1 rings (SSSR count). The first-order chi connectivity index (χ1) is 19.1. The van der Waals surface area contributed by atoms with Crippen LogP contribution in [0.5, 0.6) is 5.75 Å². The number of nitrogens with one attached hydrogen (secondary N) is 1. The van der Waals surface area contributed by atoms with Crippen LogP contribution in [0.25, 0.3) is 4.91 Å². The highest BCUT2D eigenvalue weighted by atomic mass is 32.2. The summed E-state index contributed by atoms with van der Waals surface area (Å²) in [5.74, 6) is 0.733. The van der Waals surface area contributed by atoms with Crippen molar-refractivity contribution in [3.63, 3.8) is 0 Å². The lowest BCUT2D eigenvalue weighted by molar-refractivity contribution is -0.109. The van der Waals surface area contributed by atoms with Gasteiger partial charge in [0.05, 0.1) is 72.7 Å². The maximum absolute atomic E-state index is 10.8. The number of ether oxygens (including phenoxy) is 7. The van der Waals surface area contributed by atoms with E-state index in [0.29, 0.717) is 98.8 Å². The smallest absolute Gasteiger partial charge is 0.207 e. The van der Waals surface area contributed by atoms with Crippen LogP contribution in [0.3, 0.4) is 0 Å². The maximum Gasteiger partial charge on any atom is 0.207 e. The zero-order valence-electron chi connectivity index (χ0n) is 24.0. The summed E-state index contributed by atoms with van der Waals surface area (Å²) < 4.78 is 38.7. The van der Waals surface area contributed by atoms with Gasteiger partial charge in [0, 0.05) is 23.6 Å². The minimum absolute atomic E-state index is 0.393. The standard InChI is InChI=1S/C29H47NO8S/c1-5-21-39-29(25(3)4)26-7-8-27(23-30-24-31)28(22-26)38-20-19-37-18-17-36-16-15-35-14-13-34-12-11-33-10-9-32-6-2/h5,7-8,21-22,24H,6,9-20,23H2,1-4H3,(H,30,31)/b21-5-. The van der Waals surface area contributed by atoms with Crippen LogP contribution in [0, 0.1) is 0 Å². The van der Waals surface area contributed by atoms with Crippen molar-refractivity contribution < 1.29 is 38.0 Å². The molecule has 0 bridgehead atoms. The number of carbonyl (C=O) groups excluding carboxylic acids is 1. The second-order valence-electron chi connectivity index (χ2n) is 8.34. The molecule has 0 spiro atoms. The zero-order chi connectivity index (χ0) is 28.4. The van der Waals surface area contributed by atoms with E-state index in [0.717, 1.165) is 16.9 Å². The van der Waals surface area contributed by atoms with Crippen LogP contribution in [0.2, 0.25) is 0 Å². The van der Waals surface area contributed by atoms with Crippen LogP contribution in [0.4, 0.5) is 0 Å². The molecule has 0 heterocycles. The van der Waals surface area contributed by atoms with Gasteiger partial charge in [-0.3, -0.25) is 4.79 Å². The quantitative estimate of drug-likeness (QED) is 0.128. The largest absolute Gasteiger partial charge is 0.491 e. The Balaban J connectivity index is 2.18.